The largest absolute Gasteiger partial charge is 0.416 e. The Labute approximate surface area is 250 Å². The Hall–Kier alpha value is -3.28. The number of rotatable bonds is 7. The molecule has 3 heterocycles. The van der Waals surface area contributed by atoms with E-state index in [1.54, 1.807) is 25.6 Å². The summed E-state index contributed by atoms with van der Waals surface area (Å²) in [6, 6.07) is 10.7. The van der Waals surface area contributed by atoms with Crippen molar-refractivity contribution < 1.29 is 22.7 Å². The first-order valence-corrected chi connectivity index (χ1v) is 14.9. The van der Waals surface area contributed by atoms with Crippen LogP contribution >= 0.6 is 0 Å². The van der Waals surface area contributed by atoms with Crippen LogP contribution in [-0.2, 0) is 36.5 Å². The summed E-state index contributed by atoms with van der Waals surface area (Å²) < 4.78 is 50.9. The molecule has 11 heteroatoms. The maximum atomic E-state index is 14.5. The summed E-state index contributed by atoms with van der Waals surface area (Å²) in [5, 5.41) is 8.47. The van der Waals surface area contributed by atoms with E-state index in [0.717, 1.165) is 31.0 Å². The molecule has 3 aromatic rings. The van der Waals surface area contributed by atoms with Crippen molar-refractivity contribution in [2.75, 3.05) is 38.7 Å². The highest BCUT2D eigenvalue weighted by molar-refractivity contribution is 6.10. The minimum Gasteiger partial charge on any atom is -0.381 e. The van der Waals surface area contributed by atoms with E-state index in [9.17, 15) is 18.0 Å². The van der Waals surface area contributed by atoms with E-state index in [2.05, 4.69) is 40.9 Å². The number of aryl methyl sites for hydroxylation is 1. The molecule has 1 saturated heterocycles. The Morgan fingerprint density at radius 3 is 2.53 bits per heavy atom. The average molecular weight is 597 g/mol. The summed E-state index contributed by atoms with van der Waals surface area (Å²) in [6.07, 6.45) is -1.48. The summed E-state index contributed by atoms with van der Waals surface area (Å²) in [5.41, 5.74) is 1.01. The maximum absolute atomic E-state index is 14.5. The Bertz CT molecular complexity index is 1510. The highest BCUT2D eigenvalue weighted by atomic mass is 19.4. The van der Waals surface area contributed by atoms with Gasteiger partial charge in [-0.1, -0.05) is 26.0 Å². The van der Waals surface area contributed by atoms with Crippen molar-refractivity contribution >= 4 is 11.6 Å². The van der Waals surface area contributed by atoms with Crippen molar-refractivity contribution in [2.24, 2.45) is 13.0 Å². The molecule has 230 valence electrons. The lowest BCUT2D eigenvalue weighted by atomic mass is 9.62. The van der Waals surface area contributed by atoms with Crippen LogP contribution in [0.3, 0.4) is 0 Å². The molecule has 0 radical (unpaired) electrons. The fourth-order valence-electron chi connectivity index (χ4n) is 7.19. The van der Waals surface area contributed by atoms with Crippen molar-refractivity contribution in [3.63, 3.8) is 0 Å². The van der Waals surface area contributed by atoms with Crippen LogP contribution in [0.25, 0.3) is 0 Å². The molecular weight excluding hydrogens is 557 g/mol. The van der Waals surface area contributed by atoms with E-state index in [4.69, 9.17) is 4.74 Å². The van der Waals surface area contributed by atoms with Crippen molar-refractivity contribution in [3.8, 4) is 0 Å². The SMILES string of the molecule is CO[C@H]1C[C@@](c2cccc(N3Cc4c(cc(CN5CCN(C)C[C@@H]5C(C)C)cc4C(F)(F)F)C3=O)c2)(c2nncn2C)C1. The van der Waals surface area contributed by atoms with Gasteiger partial charge in [0.2, 0.25) is 0 Å². The monoisotopic (exact) mass is 596 g/mol. The molecule has 0 spiro atoms. The Morgan fingerprint density at radius 1 is 1.12 bits per heavy atom. The van der Waals surface area contributed by atoms with E-state index in [1.165, 1.54) is 11.0 Å². The van der Waals surface area contributed by atoms with Crippen molar-refractivity contribution in [1.29, 1.82) is 0 Å². The third kappa shape index (κ3) is 5.25. The zero-order valence-electron chi connectivity index (χ0n) is 25.4. The molecule has 1 amide bonds. The quantitative estimate of drug-likeness (QED) is 0.388. The van der Waals surface area contributed by atoms with Crippen LogP contribution in [-0.4, -0.2) is 76.4 Å². The van der Waals surface area contributed by atoms with Gasteiger partial charge in [0.1, 0.15) is 12.2 Å². The number of carbonyl (C=O) groups excluding carboxylic acids is 1. The number of aromatic nitrogens is 3. The van der Waals surface area contributed by atoms with Gasteiger partial charge in [0, 0.05) is 57.6 Å². The molecule has 6 rings (SSSR count). The first-order valence-electron chi connectivity index (χ1n) is 14.9. The molecular formula is C32H39F3N6O2. The van der Waals surface area contributed by atoms with Gasteiger partial charge in [-0.05, 0) is 66.8 Å². The second-order valence-electron chi connectivity index (χ2n) is 12.8. The minimum atomic E-state index is -4.58. The minimum absolute atomic E-state index is 0.0385. The van der Waals surface area contributed by atoms with Crippen molar-refractivity contribution in [3.05, 3.63) is 76.4 Å². The smallest absolute Gasteiger partial charge is 0.381 e. The fourth-order valence-corrected chi connectivity index (χ4v) is 7.19. The molecule has 1 aliphatic carbocycles. The van der Waals surface area contributed by atoms with Gasteiger partial charge in [-0.3, -0.25) is 9.69 Å². The number of benzene rings is 2. The van der Waals surface area contributed by atoms with Crippen LogP contribution in [0, 0.1) is 5.92 Å². The van der Waals surface area contributed by atoms with Crippen molar-refractivity contribution in [2.45, 2.75) is 63.5 Å². The first-order chi connectivity index (χ1) is 20.4. The number of halogens is 3. The topological polar surface area (TPSA) is 66.7 Å². The normalized spacial score (nSPS) is 25.0. The summed E-state index contributed by atoms with van der Waals surface area (Å²) in [6.45, 7) is 7.00. The molecule has 2 fully saturated rings. The fraction of sp³-hybridized carbons (Fsp3) is 0.531. The highest BCUT2D eigenvalue weighted by Gasteiger charge is 2.50. The van der Waals surface area contributed by atoms with Gasteiger partial charge in [-0.2, -0.15) is 13.2 Å². The van der Waals surface area contributed by atoms with Crippen molar-refractivity contribution in [1.82, 2.24) is 24.6 Å². The molecule has 1 aromatic heterocycles. The lowest BCUT2D eigenvalue weighted by Gasteiger charge is -2.46. The van der Waals surface area contributed by atoms with Gasteiger partial charge in [0.25, 0.3) is 5.91 Å². The highest BCUT2D eigenvalue weighted by Crippen LogP contribution is 2.50. The predicted molar refractivity (Wildman–Crippen MR) is 157 cm³/mol. The van der Waals surface area contributed by atoms with Crippen LogP contribution in [0.4, 0.5) is 18.9 Å². The number of piperazine rings is 1. The lowest BCUT2D eigenvalue weighted by Crippen LogP contribution is -2.53. The molecule has 0 bridgehead atoms. The Kier molecular flexibility index (Phi) is 7.63. The third-order valence-corrected chi connectivity index (χ3v) is 9.63. The number of anilines is 1. The van der Waals surface area contributed by atoms with Crippen LogP contribution in [0.2, 0.25) is 0 Å². The standard InChI is InChI=1S/C32H39F3N6O2/c1-20(2)28-18-38(3)9-10-40(28)16-21-11-25-26(27(12-21)32(33,34)35)17-41(29(25)42)23-8-6-7-22(13-23)31(14-24(15-31)43-5)30-37-36-19-39(30)4/h6-8,11-13,19-20,24,28H,9-10,14-18H2,1-5H3/t24-,28-,31+/m1/s1. The number of hydrogen-bond acceptors (Lipinski definition) is 6. The molecule has 0 N–H and O–H groups in total. The first kappa shape index (κ1) is 29.8. The lowest BCUT2D eigenvalue weighted by molar-refractivity contribution is -0.138. The third-order valence-electron chi connectivity index (χ3n) is 9.63. The second kappa shape index (κ2) is 11.0. The van der Waals surface area contributed by atoms with Gasteiger partial charge in [0.05, 0.1) is 23.6 Å². The van der Waals surface area contributed by atoms with Gasteiger partial charge >= 0.3 is 6.18 Å². The maximum Gasteiger partial charge on any atom is 0.416 e. The molecule has 8 nitrogen and oxygen atoms in total. The molecule has 2 aliphatic heterocycles. The summed E-state index contributed by atoms with van der Waals surface area (Å²) in [4.78, 5) is 19.8. The number of nitrogens with zero attached hydrogens (tertiary/aromatic N) is 6. The second-order valence-corrected chi connectivity index (χ2v) is 12.8. The molecule has 3 aliphatic rings. The number of carbonyl (C=O) groups is 1. The van der Waals surface area contributed by atoms with Gasteiger partial charge in [-0.15, -0.1) is 10.2 Å². The van der Waals surface area contributed by atoms with E-state index in [-0.39, 0.29) is 29.8 Å². The van der Waals surface area contributed by atoms with E-state index in [1.807, 2.05) is 29.8 Å². The van der Waals surface area contributed by atoms with Crippen LogP contribution in [0.15, 0.2) is 42.7 Å². The zero-order chi connectivity index (χ0) is 30.7. The number of fused-ring (bicyclic) bond motifs is 1. The average Bonchev–Trinajstić information content (AvgIpc) is 3.51. The van der Waals surface area contributed by atoms with E-state index in [0.29, 0.717) is 36.6 Å². The van der Waals surface area contributed by atoms with Gasteiger partial charge in [0.15, 0.2) is 0 Å². The summed E-state index contributed by atoms with van der Waals surface area (Å²) in [5.74, 6) is 0.735. The number of likely N-dealkylation sites (N-methyl/N-ethyl adjacent to an activating group) is 1. The van der Waals surface area contributed by atoms with Gasteiger partial charge in [-0.25, -0.2) is 0 Å². The Balaban J connectivity index is 1.34. The van der Waals surface area contributed by atoms with E-state index < -0.39 is 23.1 Å². The van der Waals surface area contributed by atoms with Crippen LogP contribution in [0.1, 0.15) is 65.1 Å². The Morgan fingerprint density at radius 2 is 1.88 bits per heavy atom. The van der Waals surface area contributed by atoms with Crippen LogP contribution < -0.4 is 4.90 Å². The summed E-state index contributed by atoms with van der Waals surface area (Å²) >= 11 is 0. The number of ether oxygens (including phenoxy) is 1. The van der Waals surface area contributed by atoms with E-state index >= 15 is 0 Å². The van der Waals surface area contributed by atoms with Gasteiger partial charge < -0.3 is 19.1 Å². The molecule has 43 heavy (non-hydrogen) atoms. The number of alkyl halides is 3. The number of hydrogen-bond donors (Lipinski definition) is 0. The number of amides is 1. The van der Waals surface area contributed by atoms with Crippen LogP contribution in [0.5, 0.6) is 0 Å². The molecule has 0 unspecified atom stereocenters. The molecule has 1 saturated carbocycles. The zero-order valence-corrected chi connectivity index (χ0v) is 25.4. The molecule has 1 atom stereocenters. The predicted octanol–water partition coefficient (Wildman–Crippen LogP) is 4.86. The number of methoxy groups -OCH3 is 1. The molecule has 2 aromatic carbocycles. The summed E-state index contributed by atoms with van der Waals surface area (Å²) in [7, 11) is 5.65.